The lowest BCUT2D eigenvalue weighted by molar-refractivity contribution is 0.0937. The van der Waals surface area contributed by atoms with Crippen LogP contribution in [0, 0.1) is 6.92 Å². The Morgan fingerprint density at radius 1 is 1.38 bits per heavy atom. The Morgan fingerprint density at radius 2 is 2.05 bits per heavy atom. The van der Waals surface area contributed by atoms with Crippen LogP contribution in [0.1, 0.15) is 49.7 Å². The molecule has 21 heavy (non-hydrogen) atoms. The molecule has 0 aromatic carbocycles. The number of aryl methyl sites for hydroxylation is 1. The van der Waals surface area contributed by atoms with E-state index in [1.54, 1.807) is 12.1 Å². The number of carbonyl (C=O) groups is 1. The number of hydrogen-bond donors (Lipinski definition) is 1. The van der Waals surface area contributed by atoms with Crippen LogP contribution in [0.15, 0.2) is 12.1 Å². The highest BCUT2D eigenvalue weighted by atomic mass is 35.5. The van der Waals surface area contributed by atoms with Crippen molar-refractivity contribution in [2.45, 2.75) is 46.6 Å². The first-order valence-corrected chi connectivity index (χ1v) is 8.01. The molecule has 0 aliphatic rings. The molecule has 1 N–H and O–H groups in total. The van der Waals surface area contributed by atoms with Crippen molar-refractivity contribution in [3.8, 4) is 0 Å². The Labute approximate surface area is 132 Å². The summed E-state index contributed by atoms with van der Waals surface area (Å²) in [7, 11) is 0. The van der Waals surface area contributed by atoms with Gasteiger partial charge in [-0.3, -0.25) is 4.79 Å². The van der Waals surface area contributed by atoms with Gasteiger partial charge in [-0.05, 0) is 58.5 Å². The average molecular weight is 312 g/mol. The summed E-state index contributed by atoms with van der Waals surface area (Å²) in [5.41, 5.74) is 1.32. The minimum Gasteiger partial charge on any atom is -0.350 e. The number of aromatic nitrogens is 1. The van der Waals surface area contributed by atoms with E-state index in [2.05, 4.69) is 29.0 Å². The van der Waals surface area contributed by atoms with E-state index in [4.69, 9.17) is 11.6 Å². The lowest BCUT2D eigenvalue weighted by atomic mass is 10.1. The molecule has 0 saturated carbocycles. The molecule has 0 fully saturated rings. The van der Waals surface area contributed by atoms with Gasteiger partial charge in [0.1, 0.15) is 5.15 Å². The highest BCUT2D eigenvalue weighted by Crippen LogP contribution is 2.11. The van der Waals surface area contributed by atoms with Crippen molar-refractivity contribution in [2.24, 2.45) is 0 Å². The molecule has 1 aromatic rings. The molecule has 5 heteroatoms. The van der Waals surface area contributed by atoms with E-state index in [9.17, 15) is 4.79 Å². The zero-order valence-corrected chi connectivity index (χ0v) is 14.2. The largest absolute Gasteiger partial charge is 0.350 e. The highest BCUT2D eigenvalue weighted by Gasteiger charge is 2.11. The molecule has 0 radical (unpaired) electrons. The van der Waals surface area contributed by atoms with Gasteiger partial charge < -0.3 is 10.2 Å². The number of hydrogen-bond acceptors (Lipinski definition) is 3. The van der Waals surface area contributed by atoms with E-state index in [0.717, 1.165) is 38.2 Å². The highest BCUT2D eigenvalue weighted by molar-refractivity contribution is 6.29. The molecule has 0 aliphatic heterocycles. The number of halogens is 1. The van der Waals surface area contributed by atoms with Gasteiger partial charge in [0.15, 0.2) is 0 Å². The second-order valence-corrected chi connectivity index (χ2v) is 5.75. The van der Waals surface area contributed by atoms with E-state index >= 15 is 0 Å². The van der Waals surface area contributed by atoms with Crippen LogP contribution in [0.25, 0.3) is 0 Å². The summed E-state index contributed by atoms with van der Waals surface area (Å²) < 4.78 is 0. The fourth-order valence-electron chi connectivity index (χ4n) is 2.30. The molecule has 0 spiro atoms. The average Bonchev–Trinajstić information content (AvgIpc) is 2.42. The first-order chi connectivity index (χ1) is 9.96. The molecule has 4 nitrogen and oxygen atoms in total. The van der Waals surface area contributed by atoms with Crippen molar-refractivity contribution in [1.29, 1.82) is 0 Å². The van der Waals surface area contributed by atoms with E-state index in [-0.39, 0.29) is 11.9 Å². The first-order valence-electron chi connectivity index (χ1n) is 7.63. The summed E-state index contributed by atoms with van der Waals surface area (Å²) in [6, 6.07) is 3.51. The third kappa shape index (κ3) is 6.44. The van der Waals surface area contributed by atoms with Gasteiger partial charge in [0.05, 0.1) is 0 Å². The molecule has 0 aliphatic carbocycles. The number of pyridine rings is 1. The number of nitrogens with one attached hydrogen (secondary N) is 1. The molecular formula is C16H26ClN3O. The second kappa shape index (κ2) is 9.00. The lowest BCUT2D eigenvalue weighted by Crippen LogP contribution is -2.33. The predicted octanol–water partition coefficient (Wildman–Crippen LogP) is 3.28. The van der Waals surface area contributed by atoms with Gasteiger partial charge >= 0.3 is 0 Å². The summed E-state index contributed by atoms with van der Waals surface area (Å²) >= 11 is 5.88. The fourth-order valence-corrected chi connectivity index (χ4v) is 2.55. The van der Waals surface area contributed by atoms with Crippen molar-refractivity contribution in [3.63, 3.8) is 0 Å². The second-order valence-electron chi connectivity index (χ2n) is 5.36. The summed E-state index contributed by atoms with van der Waals surface area (Å²) in [5, 5.41) is 3.37. The molecule has 0 bridgehead atoms. The van der Waals surface area contributed by atoms with Gasteiger partial charge in [0.2, 0.25) is 0 Å². The predicted molar refractivity (Wildman–Crippen MR) is 87.9 cm³/mol. The van der Waals surface area contributed by atoms with Crippen molar-refractivity contribution in [1.82, 2.24) is 15.2 Å². The minimum atomic E-state index is -0.0854. The Hall–Kier alpha value is -1.13. The summed E-state index contributed by atoms with van der Waals surface area (Å²) in [6.45, 7) is 11.4. The van der Waals surface area contributed by atoms with Crippen LogP contribution in [0.5, 0.6) is 0 Å². The maximum absolute atomic E-state index is 12.2. The monoisotopic (exact) mass is 311 g/mol. The van der Waals surface area contributed by atoms with Crippen LogP contribution in [0.2, 0.25) is 5.15 Å². The van der Waals surface area contributed by atoms with Crippen LogP contribution in [0.4, 0.5) is 0 Å². The van der Waals surface area contributed by atoms with Gasteiger partial charge in [-0.25, -0.2) is 4.98 Å². The quantitative estimate of drug-likeness (QED) is 0.749. The maximum Gasteiger partial charge on any atom is 0.251 e. The molecule has 1 aromatic heterocycles. The normalized spacial score (nSPS) is 12.5. The maximum atomic E-state index is 12.2. The minimum absolute atomic E-state index is 0.0854. The smallest absolute Gasteiger partial charge is 0.251 e. The first kappa shape index (κ1) is 17.9. The molecule has 1 heterocycles. The fraction of sp³-hybridized carbons (Fsp3) is 0.625. The van der Waals surface area contributed by atoms with Crippen molar-refractivity contribution in [3.05, 3.63) is 28.5 Å². The third-order valence-electron chi connectivity index (χ3n) is 3.57. The molecule has 1 unspecified atom stereocenters. The number of rotatable bonds is 8. The number of amides is 1. The molecule has 1 amide bonds. The van der Waals surface area contributed by atoms with Crippen molar-refractivity contribution >= 4 is 17.5 Å². The van der Waals surface area contributed by atoms with E-state index < -0.39 is 0 Å². The van der Waals surface area contributed by atoms with Gasteiger partial charge in [-0.15, -0.1) is 0 Å². The standard InChI is InChI=1S/C16H26ClN3O/c1-5-20(6-2)9-7-8-12(3)19-16(21)14-10-13(4)18-15(17)11-14/h10-12H,5-9H2,1-4H3,(H,19,21). The van der Waals surface area contributed by atoms with Crippen LogP contribution >= 0.6 is 11.6 Å². The SMILES string of the molecule is CCN(CC)CCCC(C)NC(=O)c1cc(C)nc(Cl)c1. The Kier molecular flexibility index (Phi) is 7.68. The summed E-state index contributed by atoms with van der Waals surface area (Å²) in [5.74, 6) is -0.0854. The van der Waals surface area contributed by atoms with Gasteiger partial charge in [0.25, 0.3) is 5.91 Å². The van der Waals surface area contributed by atoms with E-state index in [1.807, 2.05) is 13.8 Å². The lowest BCUT2D eigenvalue weighted by Gasteiger charge is -2.19. The molecule has 1 atom stereocenters. The summed E-state index contributed by atoms with van der Waals surface area (Å²) in [6.07, 6.45) is 2.05. The van der Waals surface area contributed by atoms with Gasteiger partial charge in [-0.1, -0.05) is 25.4 Å². The zero-order valence-electron chi connectivity index (χ0n) is 13.4. The topological polar surface area (TPSA) is 45.2 Å². The molecule has 1 rings (SSSR count). The van der Waals surface area contributed by atoms with E-state index in [1.165, 1.54) is 0 Å². The van der Waals surface area contributed by atoms with Crippen LogP contribution < -0.4 is 5.32 Å². The van der Waals surface area contributed by atoms with Crippen molar-refractivity contribution < 1.29 is 4.79 Å². The summed E-state index contributed by atoms with van der Waals surface area (Å²) in [4.78, 5) is 18.6. The Bertz CT molecular complexity index is 441. The molecule has 0 saturated heterocycles. The molecular weight excluding hydrogens is 286 g/mol. The number of nitrogens with zero attached hydrogens (tertiary/aromatic N) is 2. The van der Waals surface area contributed by atoms with Gasteiger partial charge in [0, 0.05) is 17.3 Å². The van der Waals surface area contributed by atoms with E-state index in [0.29, 0.717) is 10.7 Å². The molecule has 118 valence electrons. The van der Waals surface area contributed by atoms with Crippen LogP contribution in [0.3, 0.4) is 0 Å². The Morgan fingerprint density at radius 3 is 2.62 bits per heavy atom. The third-order valence-corrected chi connectivity index (χ3v) is 3.76. The Balaban J connectivity index is 2.43. The number of carbonyl (C=O) groups excluding carboxylic acids is 1. The van der Waals surface area contributed by atoms with Crippen LogP contribution in [-0.2, 0) is 0 Å². The zero-order chi connectivity index (χ0) is 15.8. The van der Waals surface area contributed by atoms with Crippen LogP contribution in [-0.4, -0.2) is 41.5 Å². The van der Waals surface area contributed by atoms with Crippen molar-refractivity contribution in [2.75, 3.05) is 19.6 Å². The van der Waals surface area contributed by atoms with Gasteiger partial charge in [-0.2, -0.15) is 0 Å².